The van der Waals surface area contributed by atoms with E-state index in [1.807, 2.05) is 0 Å². The summed E-state index contributed by atoms with van der Waals surface area (Å²) in [5.74, 6) is 0. The summed E-state index contributed by atoms with van der Waals surface area (Å²) in [7, 11) is 0. The average molecular weight is 355 g/mol. The van der Waals surface area contributed by atoms with Crippen molar-refractivity contribution >= 4 is 16.5 Å². The lowest BCUT2D eigenvalue weighted by molar-refractivity contribution is -0.137. The van der Waals surface area contributed by atoms with Gasteiger partial charge in [-0.25, -0.2) is 4.98 Å². The van der Waals surface area contributed by atoms with Gasteiger partial charge in [-0.1, -0.05) is 0 Å². The summed E-state index contributed by atoms with van der Waals surface area (Å²) in [5, 5.41) is 0.391. The van der Waals surface area contributed by atoms with Gasteiger partial charge in [0.25, 0.3) is 0 Å². The molecule has 3 rings (SSSR count). The molecule has 0 spiro atoms. The molecule has 1 aromatic heterocycles. The van der Waals surface area contributed by atoms with Gasteiger partial charge >= 0.3 is 6.18 Å². The van der Waals surface area contributed by atoms with E-state index in [0.29, 0.717) is 34.5 Å². The topological polar surface area (TPSA) is 42.1 Å². The van der Waals surface area contributed by atoms with Crippen molar-refractivity contribution < 1.29 is 13.2 Å². The number of benzene rings is 1. The number of hydrogen-bond donors (Lipinski definition) is 1. The monoisotopic (exact) mass is 355 g/mol. The highest BCUT2D eigenvalue weighted by molar-refractivity contribution is 7.15. The van der Waals surface area contributed by atoms with E-state index in [2.05, 4.69) is 16.8 Å². The summed E-state index contributed by atoms with van der Waals surface area (Å²) in [5.41, 5.74) is 6.83. The Bertz CT molecular complexity index is 739. The van der Waals surface area contributed by atoms with E-state index in [1.54, 1.807) is 13.0 Å². The second kappa shape index (κ2) is 6.37. The van der Waals surface area contributed by atoms with Crippen molar-refractivity contribution in [1.29, 1.82) is 0 Å². The third-order valence-electron chi connectivity index (χ3n) is 4.43. The van der Waals surface area contributed by atoms with E-state index in [0.717, 1.165) is 30.3 Å². The predicted octanol–water partition coefficient (Wildman–Crippen LogP) is 4.70. The molecule has 0 saturated carbocycles. The van der Waals surface area contributed by atoms with Crippen LogP contribution in [0.2, 0.25) is 0 Å². The highest BCUT2D eigenvalue weighted by Gasteiger charge is 2.31. The quantitative estimate of drug-likeness (QED) is 0.867. The molecule has 0 bridgehead atoms. The van der Waals surface area contributed by atoms with Gasteiger partial charge in [-0.15, -0.1) is 11.3 Å². The van der Waals surface area contributed by atoms with Gasteiger partial charge in [0.1, 0.15) is 0 Å². The minimum atomic E-state index is -4.37. The first-order valence-corrected chi connectivity index (χ1v) is 8.74. The molecular weight excluding hydrogens is 335 g/mol. The van der Waals surface area contributed by atoms with Crippen LogP contribution in [0.5, 0.6) is 0 Å². The zero-order chi connectivity index (χ0) is 17.5. The van der Waals surface area contributed by atoms with Gasteiger partial charge in [0.15, 0.2) is 5.13 Å². The van der Waals surface area contributed by atoms with Crippen LogP contribution in [0.1, 0.15) is 35.8 Å². The zero-order valence-electron chi connectivity index (χ0n) is 13.7. The van der Waals surface area contributed by atoms with Gasteiger partial charge in [0, 0.05) is 23.0 Å². The van der Waals surface area contributed by atoms with Crippen molar-refractivity contribution in [3.8, 4) is 11.3 Å². The molecule has 130 valence electrons. The van der Waals surface area contributed by atoms with E-state index in [-0.39, 0.29) is 0 Å². The van der Waals surface area contributed by atoms with Crippen molar-refractivity contribution in [2.75, 3.05) is 12.3 Å². The van der Waals surface area contributed by atoms with Crippen LogP contribution in [0.15, 0.2) is 18.2 Å². The first kappa shape index (κ1) is 17.2. The van der Waals surface area contributed by atoms with Crippen LogP contribution < -0.4 is 5.73 Å². The van der Waals surface area contributed by atoms with Gasteiger partial charge in [-0.05, 0) is 57.0 Å². The Morgan fingerprint density at radius 1 is 1.33 bits per heavy atom. The molecular formula is C17H20F3N3S. The Kier molecular flexibility index (Phi) is 4.57. The van der Waals surface area contributed by atoms with E-state index >= 15 is 0 Å². The number of likely N-dealkylation sites (tertiary alicyclic amines) is 1. The lowest BCUT2D eigenvalue weighted by atomic mass is 10.0. The van der Waals surface area contributed by atoms with Gasteiger partial charge in [-0.3, -0.25) is 4.90 Å². The van der Waals surface area contributed by atoms with E-state index in [4.69, 9.17) is 5.73 Å². The maximum Gasteiger partial charge on any atom is 0.416 e. The molecule has 0 aliphatic carbocycles. The van der Waals surface area contributed by atoms with E-state index in [9.17, 15) is 13.2 Å². The Labute approximate surface area is 143 Å². The second-order valence-corrected chi connectivity index (χ2v) is 7.49. The summed E-state index contributed by atoms with van der Waals surface area (Å²) in [4.78, 5) is 7.58. The largest absolute Gasteiger partial charge is 0.416 e. The molecule has 1 aliphatic heterocycles. The molecule has 2 heterocycles. The second-order valence-electron chi connectivity index (χ2n) is 6.37. The standard InChI is InChI=1S/C17H20F3N3S/c1-10-6-12(8-13(7-10)17(18,19)20)15-14(24-16(21)22-15)9-23-5-3-4-11(23)2/h6-8,11H,3-5,9H2,1-2H3,(H2,21,22). The highest BCUT2D eigenvalue weighted by Crippen LogP contribution is 2.37. The predicted molar refractivity (Wildman–Crippen MR) is 90.8 cm³/mol. The van der Waals surface area contributed by atoms with Gasteiger partial charge in [-0.2, -0.15) is 13.2 Å². The van der Waals surface area contributed by atoms with Crippen molar-refractivity contribution in [3.05, 3.63) is 34.2 Å². The summed E-state index contributed by atoms with van der Waals surface area (Å²) in [6, 6.07) is 4.53. The molecule has 3 nitrogen and oxygen atoms in total. The molecule has 1 fully saturated rings. The number of anilines is 1. The molecule has 1 aliphatic rings. The number of nitrogen functional groups attached to an aromatic ring is 1. The maximum atomic E-state index is 13.1. The number of aromatic nitrogens is 1. The molecule has 0 radical (unpaired) electrons. The number of rotatable bonds is 3. The van der Waals surface area contributed by atoms with Crippen LogP contribution in [-0.2, 0) is 12.7 Å². The van der Waals surface area contributed by atoms with Gasteiger partial charge in [0.05, 0.1) is 11.3 Å². The molecule has 1 saturated heterocycles. The van der Waals surface area contributed by atoms with Crippen LogP contribution in [0.3, 0.4) is 0 Å². The van der Waals surface area contributed by atoms with Crippen LogP contribution in [0, 0.1) is 6.92 Å². The van der Waals surface area contributed by atoms with Crippen molar-refractivity contribution in [3.63, 3.8) is 0 Å². The molecule has 2 aromatic rings. The summed E-state index contributed by atoms with van der Waals surface area (Å²) >= 11 is 1.36. The Balaban J connectivity index is 1.99. The van der Waals surface area contributed by atoms with Crippen LogP contribution in [-0.4, -0.2) is 22.5 Å². The van der Waals surface area contributed by atoms with Crippen molar-refractivity contribution in [2.45, 2.75) is 45.5 Å². The van der Waals surface area contributed by atoms with E-state index in [1.165, 1.54) is 17.4 Å². The molecule has 7 heteroatoms. The summed E-state index contributed by atoms with van der Waals surface area (Å²) in [6.07, 6.45) is -2.08. The Morgan fingerprint density at radius 3 is 2.71 bits per heavy atom. The zero-order valence-corrected chi connectivity index (χ0v) is 14.5. The smallest absolute Gasteiger partial charge is 0.375 e. The van der Waals surface area contributed by atoms with Gasteiger partial charge in [0.2, 0.25) is 0 Å². The molecule has 1 unspecified atom stereocenters. The molecule has 1 atom stereocenters. The first-order valence-electron chi connectivity index (χ1n) is 7.92. The third-order valence-corrected chi connectivity index (χ3v) is 5.30. The highest BCUT2D eigenvalue weighted by atomic mass is 32.1. The number of hydrogen-bond acceptors (Lipinski definition) is 4. The lowest BCUT2D eigenvalue weighted by Gasteiger charge is -2.20. The fourth-order valence-corrected chi connectivity index (χ4v) is 4.08. The SMILES string of the molecule is Cc1cc(-c2nc(N)sc2CN2CCCC2C)cc(C(F)(F)F)c1. The van der Waals surface area contributed by atoms with Gasteiger partial charge < -0.3 is 5.73 Å². The third kappa shape index (κ3) is 3.57. The van der Waals surface area contributed by atoms with Crippen molar-refractivity contribution in [2.24, 2.45) is 0 Å². The molecule has 24 heavy (non-hydrogen) atoms. The van der Waals surface area contributed by atoms with Crippen LogP contribution in [0.25, 0.3) is 11.3 Å². The number of halogens is 3. The molecule has 2 N–H and O–H groups in total. The average Bonchev–Trinajstić information content (AvgIpc) is 3.04. The van der Waals surface area contributed by atoms with Crippen molar-refractivity contribution in [1.82, 2.24) is 9.88 Å². The Morgan fingerprint density at radius 2 is 2.08 bits per heavy atom. The summed E-state index contributed by atoms with van der Waals surface area (Å²) in [6.45, 7) is 5.52. The number of aryl methyl sites for hydroxylation is 1. The minimum Gasteiger partial charge on any atom is -0.375 e. The first-order chi connectivity index (χ1) is 11.2. The number of nitrogens with zero attached hydrogens (tertiary/aromatic N) is 2. The fourth-order valence-electron chi connectivity index (χ4n) is 3.20. The molecule has 0 amide bonds. The number of thiazole rings is 1. The lowest BCUT2D eigenvalue weighted by Crippen LogP contribution is -2.25. The fraction of sp³-hybridized carbons (Fsp3) is 0.471. The number of alkyl halides is 3. The van der Waals surface area contributed by atoms with E-state index < -0.39 is 11.7 Å². The molecule has 1 aromatic carbocycles. The minimum absolute atomic E-state index is 0.391. The Hall–Kier alpha value is -1.60. The van der Waals surface area contributed by atoms with Crippen LogP contribution >= 0.6 is 11.3 Å². The number of nitrogens with two attached hydrogens (primary N) is 1. The van der Waals surface area contributed by atoms with Crippen LogP contribution in [0.4, 0.5) is 18.3 Å². The summed E-state index contributed by atoms with van der Waals surface area (Å²) < 4.78 is 39.3. The normalized spacial score (nSPS) is 19.1. The maximum absolute atomic E-state index is 13.1.